The molecular formula is C23H16N2O6. The molecule has 1 amide bonds. The zero-order valence-electron chi connectivity index (χ0n) is 16.0. The number of nitrogens with zero attached hydrogens (tertiary/aromatic N) is 2. The van der Waals surface area contributed by atoms with Crippen LogP contribution in [0.25, 0.3) is 5.76 Å². The molecule has 0 saturated carbocycles. The summed E-state index contributed by atoms with van der Waals surface area (Å²) < 4.78 is 0. The van der Waals surface area contributed by atoms with Crippen molar-refractivity contribution >= 4 is 28.8 Å². The number of carbonyl (C=O) groups is 2. The van der Waals surface area contributed by atoms with Crippen molar-refractivity contribution < 1.29 is 24.7 Å². The van der Waals surface area contributed by atoms with Gasteiger partial charge in [0.25, 0.3) is 17.4 Å². The van der Waals surface area contributed by atoms with E-state index in [0.717, 1.165) is 4.90 Å². The van der Waals surface area contributed by atoms with Crippen molar-refractivity contribution in [3.05, 3.63) is 106 Å². The minimum absolute atomic E-state index is 0.0492. The molecule has 3 aromatic rings. The largest absolute Gasteiger partial charge is 0.508 e. The molecule has 1 fully saturated rings. The van der Waals surface area contributed by atoms with Gasteiger partial charge < -0.3 is 10.2 Å². The number of phenolic OH excluding ortho intramolecular Hbond substituents is 1. The van der Waals surface area contributed by atoms with Crippen molar-refractivity contribution in [2.24, 2.45) is 0 Å². The number of benzene rings is 3. The molecule has 0 aromatic heterocycles. The number of anilines is 1. The standard InChI is InChI=1S/C23H16N2O6/c26-16-12-10-15(11-13-16)24-20(17-8-4-5-9-18(17)25(30)31)19(22(28)23(24)29)21(27)14-6-2-1-3-7-14/h1-13,20,26-27H/t20-/m1/s1. The van der Waals surface area contributed by atoms with E-state index < -0.39 is 28.4 Å². The van der Waals surface area contributed by atoms with Gasteiger partial charge in [-0.25, -0.2) is 0 Å². The summed E-state index contributed by atoms with van der Waals surface area (Å²) in [5.74, 6) is -2.38. The minimum atomic E-state index is -1.23. The predicted molar refractivity (Wildman–Crippen MR) is 112 cm³/mol. The molecule has 0 aliphatic carbocycles. The first-order valence-electron chi connectivity index (χ1n) is 9.29. The third-order valence-corrected chi connectivity index (χ3v) is 5.05. The lowest BCUT2D eigenvalue weighted by atomic mass is 9.94. The number of aromatic hydroxyl groups is 1. The Morgan fingerprint density at radius 2 is 1.52 bits per heavy atom. The molecular weight excluding hydrogens is 400 g/mol. The molecule has 0 spiro atoms. The van der Waals surface area contributed by atoms with E-state index in [1.54, 1.807) is 36.4 Å². The zero-order chi connectivity index (χ0) is 22.1. The lowest BCUT2D eigenvalue weighted by molar-refractivity contribution is -0.385. The molecule has 8 nitrogen and oxygen atoms in total. The number of hydrogen-bond donors (Lipinski definition) is 2. The molecule has 1 heterocycles. The number of ketones is 1. The number of Topliss-reactive ketones (excluding diaryl/α,β-unsaturated/α-hetero) is 1. The summed E-state index contributed by atoms with van der Waals surface area (Å²) in [5, 5.41) is 32.2. The molecule has 1 aliphatic rings. The van der Waals surface area contributed by atoms with Gasteiger partial charge in [-0.05, 0) is 30.3 Å². The summed E-state index contributed by atoms with van der Waals surface area (Å²) in [7, 11) is 0. The van der Waals surface area contributed by atoms with Crippen LogP contribution in [0.3, 0.4) is 0 Å². The molecule has 1 saturated heterocycles. The van der Waals surface area contributed by atoms with E-state index in [2.05, 4.69) is 0 Å². The van der Waals surface area contributed by atoms with Crippen molar-refractivity contribution in [2.75, 3.05) is 4.90 Å². The Balaban J connectivity index is 2.01. The number of aliphatic hydroxyl groups is 1. The van der Waals surface area contributed by atoms with Gasteiger partial charge in [-0.15, -0.1) is 0 Å². The van der Waals surface area contributed by atoms with Gasteiger partial charge in [-0.1, -0.05) is 42.5 Å². The highest BCUT2D eigenvalue weighted by Gasteiger charge is 2.48. The Labute approximate surface area is 176 Å². The SMILES string of the molecule is O=C1C(=O)N(c2ccc(O)cc2)[C@H](c2ccccc2[N+](=O)[O-])C1=C(O)c1ccccc1. The van der Waals surface area contributed by atoms with E-state index in [1.807, 2.05) is 0 Å². The number of nitro benzene ring substituents is 1. The topological polar surface area (TPSA) is 121 Å². The lowest BCUT2D eigenvalue weighted by Crippen LogP contribution is -2.29. The van der Waals surface area contributed by atoms with E-state index >= 15 is 0 Å². The first-order valence-corrected chi connectivity index (χ1v) is 9.29. The summed E-state index contributed by atoms with van der Waals surface area (Å²) in [6, 6.07) is 18.2. The van der Waals surface area contributed by atoms with Crippen LogP contribution in [0.2, 0.25) is 0 Å². The van der Waals surface area contributed by atoms with Crippen LogP contribution in [0.15, 0.2) is 84.4 Å². The van der Waals surface area contributed by atoms with Crippen LogP contribution in [-0.2, 0) is 9.59 Å². The monoisotopic (exact) mass is 416 g/mol. The van der Waals surface area contributed by atoms with Gasteiger partial charge in [-0.2, -0.15) is 0 Å². The van der Waals surface area contributed by atoms with Gasteiger partial charge in [0.2, 0.25) is 0 Å². The van der Waals surface area contributed by atoms with Crippen molar-refractivity contribution in [3.8, 4) is 5.75 Å². The van der Waals surface area contributed by atoms with Gasteiger partial charge in [0.15, 0.2) is 0 Å². The van der Waals surface area contributed by atoms with Crippen LogP contribution in [-0.4, -0.2) is 26.8 Å². The Hall–Kier alpha value is -4.46. The number of aliphatic hydroxyl groups excluding tert-OH is 1. The molecule has 31 heavy (non-hydrogen) atoms. The quantitative estimate of drug-likeness (QED) is 0.219. The summed E-state index contributed by atoms with van der Waals surface area (Å²) in [5.41, 5.74) is 0.0814. The number of carbonyl (C=O) groups excluding carboxylic acids is 2. The molecule has 3 aromatic carbocycles. The summed E-state index contributed by atoms with van der Waals surface area (Å²) >= 11 is 0. The highest BCUT2D eigenvalue weighted by atomic mass is 16.6. The third-order valence-electron chi connectivity index (χ3n) is 5.05. The first kappa shape index (κ1) is 19.8. The van der Waals surface area contributed by atoms with Gasteiger partial charge >= 0.3 is 0 Å². The predicted octanol–water partition coefficient (Wildman–Crippen LogP) is 3.93. The zero-order valence-corrected chi connectivity index (χ0v) is 16.0. The number of hydrogen-bond acceptors (Lipinski definition) is 6. The van der Waals surface area contributed by atoms with Crippen LogP contribution in [0.1, 0.15) is 17.2 Å². The Bertz CT molecular complexity index is 1220. The fraction of sp³-hybridized carbons (Fsp3) is 0.0435. The van der Waals surface area contributed by atoms with Crippen molar-refractivity contribution in [1.82, 2.24) is 0 Å². The highest BCUT2D eigenvalue weighted by molar-refractivity contribution is 6.51. The molecule has 8 heteroatoms. The van der Waals surface area contributed by atoms with Gasteiger partial charge in [0, 0.05) is 17.3 Å². The summed E-state index contributed by atoms with van der Waals surface area (Å²) in [4.78, 5) is 38.2. The molecule has 0 bridgehead atoms. The number of para-hydroxylation sites is 1. The fourth-order valence-corrected chi connectivity index (χ4v) is 3.64. The second kappa shape index (κ2) is 7.75. The Morgan fingerprint density at radius 3 is 2.16 bits per heavy atom. The molecule has 1 atom stereocenters. The Morgan fingerprint density at radius 1 is 0.903 bits per heavy atom. The first-order chi connectivity index (χ1) is 14.9. The van der Waals surface area contributed by atoms with E-state index in [1.165, 1.54) is 42.5 Å². The maximum Gasteiger partial charge on any atom is 0.300 e. The molecule has 0 radical (unpaired) electrons. The Kier molecular flexibility index (Phi) is 4.96. The van der Waals surface area contributed by atoms with Crippen LogP contribution in [0, 0.1) is 10.1 Å². The third kappa shape index (κ3) is 3.40. The number of phenols is 1. The summed E-state index contributed by atoms with van der Waals surface area (Å²) in [6.07, 6.45) is 0. The molecule has 4 rings (SSSR count). The van der Waals surface area contributed by atoms with Crippen molar-refractivity contribution in [3.63, 3.8) is 0 Å². The number of amides is 1. The maximum absolute atomic E-state index is 13.0. The summed E-state index contributed by atoms with van der Waals surface area (Å²) in [6.45, 7) is 0. The van der Waals surface area contributed by atoms with Crippen molar-refractivity contribution in [2.45, 2.75) is 6.04 Å². The lowest BCUT2D eigenvalue weighted by Gasteiger charge is -2.25. The fourth-order valence-electron chi connectivity index (χ4n) is 3.64. The van der Waals surface area contributed by atoms with Gasteiger partial charge in [0.05, 0.1) is 16.1 Å². The molecule has 0 unspecified atom stereocenters. The normalized spacial score (nSPS) is 17.7. The molecule has 2 N–H and O–H groups in total. The van der Waals surface area contributed by atoms with Gasteiger partial charge in [0.1, 0.15) is 17.6 Å². The van der Waals surface area contributed by atoms with Crippen molar-refractivity contribution in [1.29, 1.82) is 0 Å². The van der Waals surface area contributed by atoms with Crippen LogP contribution in [0.5, 0.6) is 5.75 Å². The molecule has 154 valence electrons. The maximum atomic E-state index is 13.0. The second-order valence-corrected chi connectivity index (χ2v) is 6.87. The van der Waals surface area contributed by atoms with Crippen LogP contribution in [0.4, 0.5) is 11.4 Å². The minimum Gasteiger partial charge on any atom is -0.508 e. The smallest absolute Gasteiger partial charge is 0.300 e. The molecule has 1 aliphatic heterocycles. The van der Waals surface area contributed by atoms with E-state index in [0.29, 0.717) is 5.56 Å². The van der Waals surface area contributed by atoms with E-state index in [-0.39, 0.29) is 28.3 Å². The average molecular weight is 416 g/mol. The average Bonchev–Trinajstić information content (AvgIpc) is 3.05. The highest BCUT2D eigenvalue weighted by Crippen LogP contribution is 2.44. The number of nitro groups is 1. The number of rotatable bonds is 4. The van der Waals surface area contributed by atoms with Crippen LogP contribution < -0.4 is 4.90 Å². The van der Waals surface area contributed by atoms with E-state index in [4.69, 9.17) is 0 Å². The van der Waals surface area contributed by atoms with Gasteiger partial charge in [-0.3, -0.25) is 24.6 Å². The van der Waals surface area contributed by atoms with E-state index in [9.17, 15) is 29.9 Å². The second-order valence-electron chi connectivity index (χ2n) is 6.87. The van der Waals surface area contributed by atoms with Crippen LogP contribution >= 0.6 is 0 Å².